The fourth-order valence-electron chi connectivity index (χ4n) is 0.892. The number of hydrogen-bond donors (Lipinski definition) is 1. The lowest BCUT2D eigenvalue weighted by atomic mass is 10.2. The lowest BCUT2D eigenvalue weighted by Gasteiger charge is -1.98. The molecule has 0 saturated heterocycles. The third kappa shape index (κ3) is 3.17. The molecule has 1 aromatic carbocycles. The van der Waals surface area contributed by atoms with Crippen molar-refractivity contribution in [3.63, 3.8) is 0 Å². The number of benzene rings is 1. The minimum Gasteiger partial charge on any atom is -0.325 e. The Kier molecular flexibility index (Phi) is 3.46. The molecule has 0 fully saturated rings. The fourth-order valence-corrected chi connectivity index (χ4v) is 1.05. The summed E-state index contributed by atoms with van der Waals surface area (Å²) in [6, 6.07) is 4.47. The zero-order valence-corrected chi connectivity index (χ0v) is 8.05. The minimum atomic E-state index is -0.329. The molecule has 0 amide bonds. The van der Waals surface area contributed by atoms with Crippen molar-refractivity contribution in [2.24, 2.45) is 5.73 Å². The predicted octanol–water partition coefficient (Wildman–Crippen LogP) is 2.84. The second kappa shape index (κ2) is 4.40. The van der Waals surface area contributed by atoms with Crippen LogP contribution in [0.2, 0.25) is 5.02 Å². The number of hydrogen-bond acceptors (Lipinski definition) is 1. The van der Waals surface area contributed by atoms with E-state index in [1.807, 2.05) is 6.92 Å². The van der Waals surface area contributed by atoms with Crippen LogP contribution in [0.1, 0.15) is 12.5 Å². The van der Waals surface area contributed by atoms with E-state index in [1.165, 1.54) is 6.07 Å². The van der Waals surface area contributed by atoms with Gasteiger partial charge in [0.25, 0.3) is 0 Å². The highest BCUT2D eigenvalue weighted by Gasteiger charge is 1.98. The molecule has 1 atom stereocenters. The summed E-state index contributed by atoms with van der Waals surface area (Å²) in [5, 5.41) is 0.399. The summed E-state index contributed by atoms with van der Waals surface area (Å²) in [5.41, 5.74) is 5.99. The van der Waals surface area contributed by atoms with E-state index in [0.29, 0.717) is 10.6 Å². The van der Waals surface area contributed by atoms with Crippen molar-refractivity contribution in [1.29, 1.82) is 0 Å². The Morgan fingerprint density at radius 2 is 2.23 bits per heavy atom. The molecule has 0 aliphatic rings. The van der Waals surface area contributed by atoms with Gasteiger partial charge in [0, 0.05) is 16.6 Å². The van der Waals surface area contributed by atoms with Crippen LogP contribution in [0.25, 0.3) is 6.08 Å². The highest BCUT2D eigenvalue weighted by molar-refractivity contribution is 6.30. The van der Waals surface area contributed by atoms with E-state index in [4.69, 9.17) is 17.3 Å². The molecule has 2 N–H and O–H groups in total. The summed E-state index contributed by atoms with van der Waals surface area (Å²) in [6.45, 7) is 1.82. The van der Waals surface area contributed by atoms with Crippen molar-refractivity contribution >= 4 is 17.7 Å². The van der Waals surface area contributed by atoms with Gasteiger partial charge in [0.05, 0.1) is 0 Å². The Morgan fingerprint density at radius 3 is 2.77 bits per heavy atom. The third-order valence-electron chi connectivity index (χ3n) is 1.54. The van der Waals surface area contributed by atoms with E-state index in [9.17, 15) is 4.39 Å². The smallest absolute Gasteiger partial charge is 0.131 e. The molecule has 13 heavy (non-hydrogen) atoms. The summed E-state index contributed by atoms with van der Waals surface area (Å²) in [7, 11) is 0. The van der Waals surface area contributed by atoms with Crippen LogP contribution in [-0.4, -0.2) is 6.04 Å². The van der Waals surface area contributed by atoms with Crippen LogP contribution >= 0.6 is 11.6 Å². The van der Waals surface area contributed by atoms with E-state index in [2.05, 4.69) is 0 Å². The van der Waals surface area contributed by atoms with Gasteiger partial charge in [-0.25, -0.2) is 4.39 Å². The average molecular weight is 200 g/mol. The van der Waals surface area contributed by atoms with Crippen LogP contribution in [0.5, 0.6) is 0 Å². The van der Waals surface area contributed by atoms with Gasteiger partial charge in [-0.15, -0.1) is 0 Å². The highest BCUT2D eigenvalue weighted by atomic mass is 35.5. The average Bonchev–Trinajstić information content (AvgIpc) is 2.02. The summed E-state index contributed by atoms with van der Waals surface area (Å²) < 4.78 is 13.1. The van der Waals surface area contributed by atoms with Crippen LogP contribution in [0.15, 0.2) is 24.3 Å². The van der Waals surface area contributed by atoms with Crippen LogP contribution in [-0.2, 0) is 0 Å². The van der Waals surface area contributed by atoms with Crippen LogP contribution < -0.4 is 5.73 Å². The molecule has 0 radical (unpaired) electrons. The minimum absolute atomic E-state index is 0.0740. The molecule has 0 bridgehead atoms. The second-order valence-electron chi connectivity index (χ2n) is 2.88. The summed E-state index contributed by atoms with van der Waals surface area (Å²) in [5.74, 6) is -0.329. The largest absolute Gasteiger partial charge is 0.325 e. The fraction of sp³-hybridized carbons (Fsp3) is 0.200. The molecule has 0 saturated carbocycles. The molecule has 1 nitrogen and oxygen atoms in total. The van der Waals surface area contributed by atoms with E-state index in [1.54, 1.807) is 24.3 Å². The normalized spacial score (nSPS) is 13.5. The number of nitrogens with two attached hydrogens (primary N) is 1. The third-order valence-corrected chi connectivity index (χ3v) is 1.78. The van der Waals surface area contributed by atoms with E-state index < -0.39 is 0 Å². The van der Waals surface area contributed by atoms with Crippen molar-refractivity contribution in [1.82, 2.24) is 0 Å². The van der Waals surface area contributed by atoms with Gasteiger partial charge in [0.1, 0.15) is 5.82 Å². The molecule has 0 spiro atoms. The van der Waals surface area contributed by atoms with Crippen LogP contribution in [0.4, 0.5) is 4.39 Å². The van der Waals surface area contributed by atoms with Gasteiger partial charge in [-0.2, -0.15) is 0 Å². The van der Waals surface area contributed by atoms with Crippen molar-refractivity contribution in [2.45, 2.75) is 13.0 Å². The van der Waals surface area contributed by atoms with E-state index >= 15 is 0 Å². The maximum Gasteiger partial charge on any atom is 0.131 e. The van der Waals surface area contributed by atoms with Gasteiger partial charge in [0.15, 0.2) is 0 Å². The topological polar surface area (TPSA) is 26.0 Å². The van der Waals surface area contributed by atoms with Crippen molar-refractivity contribution in [3.8, 4) is 0 Å². The first-order chi connectivity index (χ1) is 6.09. The van der Waals surface area contributed by atoms with Crippen molar-refractivity contribution in [3.05, 3.63) is 40.7 Å². The van der Waals surface area contributed by atoms with Crippen molar-refractivity contribution < 1.29 is 4.39 Å². The molecular formula is C10H11ClFN. The predicted molar refractivity (Wildman–Crippen MR) is 54.1 cm³/mol. The van der Waals surface area contributed by atoms with E-state index in [-0.39, 0.29) is 11.9 Å². The van der Waals surface area contributed by atoms with Gasteiger partial charge >= 0.3 is 0 Å². The number of halogens is 2. The van der Waals surface area contributed by atoms with Crippen molar-refractivity contribution in [2.75, 3.05) is 0 Å². The molecule has 70 valence electrons. The van der Waals surface area contributed by atoms with Gasteiger partial charge in [-0.05, 0) is 19.1 Å². The molecular weight excluding hydrogens is 189 g/mol. The van der Waals surface area contributed by atoms with Gasteiger partial charge < -0.3 is 5.73 Å². The molecule has 1 aromatic rings. The Bertz CT molecular complexity index is 321. The maximum atomic E-state index is 13.1. The molecule has 1 rings (SSSR count). The summed E-state index contributed by atoms with van der Waals surface area (Å²) in [6.07, 6.45) is 3.38. The highest BCUT2D eigenvalue weighted by Crippen LogP contribution is 2.15. The zero-order chi connectivity index (χ0) is 9.84. The number of rotatable bonds is 2. The first-order valence-electron chi connectivity index (χ1n) is 3.98. The molecule has 0 aliphatic heterocycles. The standard InChI is InChI=1S/C10H11ClFN/c1-7(13)2-3-8-4-5-9(11)6-10(8)12/h2-7H,13H2,1H3/b3-2+. The van der Waals surface area contributed by atoms with Gasteiger partial charge in [0.2, 0.25) is 0 Å². The molecule has 1 unspecified atom stereocenters. The second-order valence-corrected chi connectivity index (χ2v) is 3.32. The Hall–Kier alpha value is -0.860. The molecule has 0 heterocycles. The van der Waals surface area contributed by atoms with Crippen LogP contribution in [0, 0.1) is 5.82 Å². The maximum absolute atomic E-state index is 13.1. The molecule has 0 aromatic heterocycles. The summed E-state index contributed by atoms with van der Waals surface area (Å²) in [4.78, 5) is 0. The lowest BCUT2D eigenvalue weighted by Crippen LogP contribution is -2.09. The first-order valence-corrected chi connectivity index (χ1v) is 4.36. The molecule has 0 aliphatic carbocycles. The summed E-state index contributed by atoms with van der Waals surface area (Å²) >= 11 is 5.59. The Morgan fingerprint density at radius 1 is 1.54 bits per heavy atom. The quantitative estimate of drug-likeness (QED) is 0.779. The van der Waals surface area contributed by atoms with Crippen LogP contribution in [0.3, 0.4) is 0 Å². The van der Waals surface area contributed by atoms with E-state index in [0.717, 1.165) is 0 Å². The van der Waals surface area contributed by atoms with Gasteiger partial charge in [-0.3, -0.25) is 0 Å². The SMILES string of the molecule is CC(N)/C=C/c1ccc(Cl)cc1F. The monoisotopic (exact) mass is 199 g/mol. The zero-order valence-electron chi connectivity index (χ0n) is 7.30. The Balaban J connectivity index is 2.90. The molecule has 3 heteroatoms. The first kappa shape index (κ1) is 10.2. The lowest BCUT2D eigenvalue weighted by molar-refractivity contribution is 0.625. The van der Waals surface area contributed by atoms with Gasteiger partial charge in [-0.1, -0.05) is 29.8 Å². The Labute approximate surface area is 82.0 Å².